The number of hydrogen-bond acceptors (Lipinski definition) is 3. The van der Waals surface area contributed by atoms with Gasteiger partial charge in [-0.05, 0) is 61.1 Å². The van der Waals surface area contributed by atoms with Crippen LogP contribution in [0.3, 0.4) is 0 Å². The third kappa shape index (κ3) is 2.78. The average Bonchev–Trinajstić information content (AvgIpc) is 2.52. The maximum atomic E-state index is 11.7. The Kier molecular flexibility index (Phi) is 4.31. The van der Waals surface area contributed by atoms with E-state index in [9.17, 15) is 9.59 Å². The number of carbonyl (C=O) groups excluding carboxylic acids is 2. The number of benzene rings is 1. The summed E-state index contributed by atoms with van der Waals surface area (Å²) in [6, 6.07) is 6.25. The number of ketones is 1. The minimum absolute atomic E-state index is 0.0373. The summed E-state index contributed by atoms with van der Waals surface area (Å²) >= 11 is 0. The number of fused-ring (bicyclic) bond motifs is 3. The summed E-state index contributed by atoms with van der Waals surface area (Å²) < 4.78 is 5.43. The number of aryl methyl sites for hydroxylation is 1. The maximum absolute atomic E-state index is 11.7. The summed E-state index contributed by atoms with van der Waals surface area (Å²) in [4.78, 5) is 23.0. The van der Waals surface area contributed by atoms with Crippen molar-refractivity contribution in [2.75, 3.05) is 6.61 Å². The van der Waals surface area contributed by atoms with Gasteiger partial charge in [0.2, 0.25) is 0 Å². The van der Waals surface area contributed by atoms with E-state index in [0.29, 0.717) is 12.5 Å². The predicted octanol–water partition coefficient (Wildman–Crippen LogP) is 4.46. The molecule has 0 unspecified atom stereocenters. The summed E-state index contributed by atoms with van der Waals surface area (Å²) in [5.74, 6) is 0.452. The molecule has 3 rings (SSSR count). The normalized spacial score (nSPS) is 31.8. The second kappa shape index (κ2) is 6.02. The molecule has 0 spiro atoms. The van der Waals surface area contributed by atoms with Gasteiger partial charge in [0.05, 0.1) is 6.61 Å². The van der Waals surface area contributed by atoms with Crippen molar-refractivity contribution in [3.05, 3.63) is 34.9 Å². The molecule has 1 aromatic carbocycles. The smallest absolute Gasteiger partial charge is 0.302 e. The van der Waals surface area contributed by atoms with Crippen LogP contribution in [0.15, 0.2) is 18.2 Å². The fourth-order valence-corrected chi connectivity index (χ4v) is 5.28. The van der Waals surface area contributed by atoms with Crippen molar-refractivity contribution in [2.45, 2.75) is 65.2 Å². The molecule has 0 heterocycles. The number of rotatable bonds is 3. The maximum Gasteiger partial charge on any atom is 0.302 e. The second-order valence-electron chi connectivity index (χ2n) is 8.22. The molecule has 3 atom stereocenters. The van der Waals surface area contributed by atoms with Crippen LogP contribution in [0.2, 0.25) is 0 Å². The molecule has 0 N–H and O–H groups in total. The molecule has 1 saturated carbocycles. The van der Waals surface area contributed by atoms with E-state index in [-0.39, 0.29) is 22.6 Å². The summed E-state index contributed by atoms with van der Waals surface area (Å²) in [5.41, 5.74) is 3.69. The molecule has 2 aliphatic rings. The second-order valence-corrected chi connectivity index (χ2v) is 8.22. The topological polar surface area (TPSA) is 43.4 Å². The van der Waals surface area contributed by atoms with E-state index in [1.165, 1.54) is 24.5 Å². The van der Waals surface area contributed by atoms with Gasteiger partial charge >= 0.3 is 5.97 Å². The molecule has 1 fully saturated rings. The Morgan fingerprint density at radius 3 is 2.62 bits per heavy atom. The van der Waals surface area contributed by atoms with Crippen molar-refractivity contribution in [1.82, 2.24) is 0 Å². The minimum Gasteiger partial charge on any atom is -0.465 e. The molecule has 0 saturated heterocycles. The van der Waals surface area contributed by atoms with Crippen LogP contribution in [0.1, 0.15) is 74.9 Å². The number of ether oxygens (including phenoxy) is 1. The largest absolute Gasteiger partial charge is 0.465 e. The predicted molar refractivity (Wildman–Crippen MR) is 94.2 cm³/mol. The fraction of sp³-hybridized carbons (Fsp3) is 0.619. The van der Waals surface area contributed by atoms with Crippen LogP contribution < -0.4 is 0 Å². The number of hydrogen-bond donors (Lipinski definition) is 0. The zero-order valence-corrected chi connectivity index (χ0v) is 15.3. The lowest BCUT2D eigenvalue weighted by atomic mass is 9.50. The zero-order valence-electron chi connectivity index (χ0n) is 15.3. The van der Waals surface area contributed by atoms with E-state index >= 15 is 0 Å². The van der Waals surface area contributed by atoms with Gasteiger partial charge in [-0.2, -0.15) is 0 Å². The molecule has 0 amide bonds. The zero-order chi connectivity index (χ0) is 17.5. The van der Waals surface area contributed by atoms with E-state index in [0.717, 1.165) is 31.2 Å². The average molecular weight is 328 g/mol. The van der Waals surface area contributed by atoms with Crippen LogP contribution in [0.5, 0.6) is 0 Å². The summed E-state index contributed by atoms with van der Waals surface area (Å²) in [5, 5.41) is 0. The summed E-state index contributed by atoms with van der Waals surface area (Å²) in [6.45, 7) is 8.29. The van der Waals surface area contributed by atoms with Gasteiger partial charge in [-0.25, -0.2) is 0 Å². The van der Waals surface area contributed by atoms with Gasteiger partial charge in [-0.15, -0.1) is 0 Å². The molecule has 0 bridgehead atoms. The van der Waals surface area contributed by atoms with E-state index in [1.807, 2.05) is 6.07 Å². The van der Waals surface area contributed by atoms with Gasteiger partial charge in [0, 0.05) is 17.9 Å². The van der Waals surface area contributed by atoms with Gasteiger partial charge in [0.25, 0.3) is 0 Å². The molecule has 3 nitrogen and oxygen atoms in total. The first kappa shape index (κ1) is 17.2. The molecule has 130 valence electrons. The van der Waals surface area contributed by atoms with Crippen molar-refractivity contribution in [1.29, 1.82) is 0 Å². The van der Waals surface area contributed by atoms with Gasteiger partial charge in [-0.3, -0.25) is 9.59 Å². The monoisotopic (exact) mass is 328 g/mol. The molecular weight excluding hydrogens is 300 g/mol. The lowest BCUT2D eigenvalue weighted by Crippen LogP contribution is -2.51. The van der Waals surface area contributed by atoms with Crippen LogP contribution in [0.4, 0.5) is 0 Å². The minimum atomic E-state index is -0.189. The quantitative estimate of drug-likeness (QED) is 0.607. The van der Waals surface area contributed by atoms with E-state index in [1.54, 1.807) is 6.92 Å². The summed E-state index contributed by atoms with van der Waals surface area (Å²) in [6.07, 6.45) is 5.54. The van der Waals surface area contributed by atoms with Crippen molar-refractivity contribution >= 4 is 11.8 Å². The van der Waals surface area contributed by atoms with Crippen LogP contribution in [-0.2, 0) is 21.4 Å². The number of carbonyl (C=O) groups is 2. The van der Waals surface area contributed by atoms with Crippen LogP contribution in [0, 0.1) is 11.3 Å². The van der Waals surface area contributed by atoms with Gasteiger partial charge in [0.15, 0.2) is 5.78 Å². The molecule has 2 aliphatic carbocycles. The molecule has 0 radical (unpaired) electrons. The van der Waals surface area contributed by atoms with Gasteiger partial charge in [0.1, 0.15) is 0 Å². The van der Waals surface area contributed by atoms with Crippen molar-refractivity contribution in [3.63, 3.8) is 0 Å². The molecule has 0 aliphatic heterocycles. The first-order valence-electron chi connectivity index (χ1n) is 9.04. The van der Waals surface area contributed by atoms with Crippen LogP contribution in [0.25, 0.3) is 0 Å². The lowest BCUT2D eigenvalue weighted by molar-refractivity contribution is -0.148. The Morgan fingerprint density at radius 2 is 1.96 bits per heavy atom. The molecule has 1 aromatic rings. The number of esters is 1. The first-order chi connectivity index (χ1) is 11.3. The highest BCUT2D eigenvalue weighted by molar-refractivity contribution is 5.94. The fourth-order valence-electron chi connectivity index (χ4n) is 5.28. The molecule has 3 heteroatoms. The van der Waals surface area contributed by atoms with Crippen LogP contribution in [-0.4, -0.2) is 18.4 Å². The van der Waals surface area contributed by atoms with Crippen molar-refractivity contribution < 1.29 is 14.3 Å². The molecule has 0 aromatic heterocycles. The van der Waals surface area contributed by atoms with Gasteiger partial charge < -0.3 is 4.74 Å². The lowest BCUT2D eigenvalue weighted by Gasteiger charge is -2.55. The first-order valence-corrected chi connectivity index (χ1v) is 9.04. The van der Waals surface area contributed by atoms with Crippen LogP contribution >= 0.6 is 0 Å². The van der Waals surface area contributed by atoms with Crippen molar-refractivity contribution in [3.8, 4) is 0 Å². The third-order valence-corrected chi connectivity index (χ3v) is 6.49. The van der Waals surface area contributed by atoms with Gasteiger partial charge in [-0.1, -0.05) is 32.4 Å². The standard InChI is InChI=1S/C21H28O3/c1-14(22)16-6-8-18-17(12-16)7-9-19-20(3,13-24-15(2)23)10-5-11-21(18,19)4/h6,8,12,19H,5,7,9-11,13H2,1-4H3/t19-,20-,21+/m0/s1. The number of Topliss-reactive ketones (excluding diaryl/α,β-unsaturated/α-hetero) is 1. The Balaban J connectivity index is 1.97. The Morgan fingerprint density at radius 1 is 1.21 bits per heavy atom. The Hall–Kier alpha value is -1.64. The Bertz CT molecular complexity index is 678. The van der Waals surface area contributed by atoms with E-state index < -0.39 is 0 Å². The molecule has 24 heavy (non-hydrogen) atoms. The molecular formula is C21H28O3. The Labute approximate surface area is 144 Å². The van der Waals surface area contributed by atoms with E-state index in [4.69, 9.17) is 4.74 Å². The summed E-state index contributed by atoms with van der Waals surface area (Å²) in [7, 11) is 0. The van der Waals surface area contributed by atoms with Crippen molar-refractivity contribution in [2.24, 2.45) is 11.3 Å². The highest BCUT2D eigenvalue weighted by atomic mass is 16.5. The SMILES string of the molecule is CC(=O)OC[C@]1(C)CCC[C@]2(C)c3ccc(C(C)=O)cc3CC[C@@H]12. The highest BCUT2D eigenvalue weighted by Gasteiger charge is 2.52. The third-order valence-electron chi connectivity index (χ3n) is 6.49. The van der Waals surface area contributed by atoms with E-state index in [2.05, 4.69) is 26.0 Å². The highest BCUT2D eigenvalue weighted by Crippen LogP contribution is 2.57.